The molecule has 0 amide bonds. The Morgan fingerprint density at radius 1 is 1.55 bits per heavy atom. The van der Waals surface area contributed by atoms with Crippen molar-refractivity contribution >= 4 is 35.8 Å². The second kappa shape index (κ2) is 1.88. The summed E-state index contributed by atoms with van der Waals surface area (Å²) in [5.41, 5.74) is 5.82. The molecule has 0 aromatic carbocycles. The molecule has 0 saturated carbocycles. The first kappa shape index (κ1) is 6.48. The van der Waals surface area contributed by atoms with Crippen molar-refractivity contribution in [3.8, 4) is 0 Å². The van der Waals surface area contributed by atoms with Gasteiger partial charge in [-0.25, -0.2) is 15.0 Å². The maximum absolute atomic E-state index is 5.88. The fourth-order valence-electron chi connectivity index (χ4n) is 0.825. The molecule has 0 aromatic rings. The Hall–Kier alpha value is -1.23. The van der Waals surface area contributed by atoms with Crippen LogP contribution in [-0.2, 0) is 0 Å². The van der Waals surface area contributed by atoms with Crippen LogP contribution in [0.25, 0.3) is 0 Å². The van der Waals surface area contributed by atoms with E-state index in [1.54, 1.807) is 0 Å². The maximum Gasteiger partial charge on any atom is 0.275 e. The van der Waals surface area contributed by atoms with Crippen LogP contribution in [0.4, 0.5) is 0 Å². The van der Waals surface area contributed by atoms with E-state index in [-0.39, 0.29) is 5.96 Å². The molecule has 2 aliphatic heterocycles. The lowest BCUT2D eigenvalue weighted by molar-refractivity contribution is 0.854. The van der Waals surface area contributed by atoms with Crippen molar-refractivity contribution in [2.75, 3.05) is 0 Å². The van der Waals surface area contributed by atoms with E-state index in [2.05, 4.69) is 20.0 Å². The van der Waals surface area contributed by atoms with E-state index in [4.69, 9.17) is 17.3 Å². The number of halogens is 1. The van der Waals surface area contributed by atoms with Gasteiger partial charge in [0.15, 0.2) is 0 Å². The first-order valence-corrected chi connectivity index (χ1v) is 3.29. The molecule has 5 nitrogen and oxygen atoms in total. The van der Waals surface area contributed by atoms with Gasteiger partial charge < -0.3 is 5.73 Å². The summed E-state index contributed by atoms with van der Waals surface area (Å²) in [7, 11) is 0. The van der Waals surface area contributed by atoms with Gasteiger partial charge in [-0.1, -0.05) is 11.6 Å². The van der Waals surface area contributed by atoms with Crippen molar-refractivity contribution in [1.29, 1.82) is 0 Å². The molecule has 6 heteroatoms. The highest BCUT2D eigenvalue weighted by Gasteiger charge is 2.36. The second-order valence-electron chi connectivity index (χ2n) is 2.07. The van der Waals surface area contributed by atoms with Gasteiger partial charge in [-0.3, -0.25) is 0 Å². The molecule has 0 aliphatic carbocycles. The zero-order valence-corrected chi connectivity index (χ0v) is 6.15. The topological polar surface area (TPSA) is 75.5 Å². The Morgan fingerprint density at radius 3 is 3.18 bits per heavy atom. The van der Waals surface area contributed by atoms with Crippen LogP contribution in [0.3, 0.4) is 0 Å². The zero-order chi connectivity index (χ0) is 7.90. The van der Waals surface area contributed by atoms with Crippen LogP contribution < -0.4 is 5.73 Å². The number of aliphatic imine (C=N–C) groups is 4. The van der Waals surface area contributed by atoms with Gasteiger partial charge in [0, 0.05) is 0 Å². The number of fused-ring (bicyclic) bond motifs is 1. The summed E-state index contributed by atoms with van der Waals surface area (Å²) < 4.78 is 0. The van der Waals surface area contributed by atoms with Crippen LogP contribution in [0.15, 0.2) is 20.0 Å². The number of rotatable bonds is 0. The summed E-state index contributed by atoms with van der Waals surface area (Å²) in [5, 5.41) is -1.13. The number of hydrogen-bond acceptors (Lipinski definition) is 5. The zero-order valence-electron chi connectivity index (χ0n) is 5.40. The predicted octanol–water partition coefficient (Wildman–Crippen LogP) is -0.239. The third kappa shape index (κ3) is 0.848. The lowest BCUT2D eigenvalue weighted by Crippen LogP contribution is -2.33. The molecular weight excluding hydrogens is 166 g/mol. The van der Waals surface area contributed by atoms with Crippen LogP contribution in [0.5, 0.6) is 0 Å². The molecule has 0 radical (unpaired) electrons. The molecule has 0 saturated heterocycles. The summed E-state index contributed by atoms with van der Waals surface area (Å²) in [5.74, 6) is 0.123. The lowest BCUT2D eigenvalue weighted by atomic mass is 10.3. The smallest absolute Gasteiger partial charge is 0.275 e. The Bertz CT molecular complexity index is 315. The Balaban J connectivity index is 2.51. The van der Waals surface area contributed by atoms with Crippen LogP contribution in [0, 0.1) is 0 Å². The van der Waals surface area contributed by atoms with E-state index in [9.17, 15) is 0 Å². The van der Waals surface area contributed by atoms with Crippen LogP contribution in [0.1, 0.15) is 0 Å². The SMILES string of the molecule is NC1=NC2(Cl)N=CN=C2C=N1. The van der Waals surface area contributed by atoms with Gasteiger partial charge in [-0.15, -0.1) is 0 Å². The molecule has 0 bridgehead atoms. The molecule has 2 heterocycles. The van der Waals surface area contributed by atoms with Crippen LogP contribution >= 0.6 is 11.6 Å². The van der Waals surface area contributed by atoms with Crippen molar-refractivity contribution in [2.45, 2.75) is 5.12 Å². The minimum atomic E-state index is -1.13. The second-order valence-corrected chi connectivity index (χ2v) is 2.60. The number of alkyl halides is 1. The highest BCUT2D eigenvalue weighted by atomic mass is 35.5. The highest BCUT2D eigenvalue weighted by molar-refractivity contribution is 6.53. The quantitative estimate of drug-likeness (QED) is 0.394. The monoisotopic (exact) mass is 169 g/mol. The molecule has 1 unspecified atom stereocenters. The lowest BCUT2D eigenvalue weighted by Gasteiger charge is -2.15. The van der Waals surface area contributed by atoms with Gasteiger partial charge in [0.25, 0.3) is 5.12 Å². The molecule has 0 fully saturated rings. The average molecular weight is 170 g/mol. The third-order valence-electron chi connectivity index (χ3n) is 1.33. The minimum absolute atomic E-state index is 0.123. The summed E-state index contributed by atoms with van der Waals surface area (Å²) in [4.78, 5) is 15.2. The largest absolute Gasteiger partial charge is 0.368 e. The summed E-state index contributed by atoms with van der Waals surface area (Å²) >= 11 is 5.88. The van der Waals surface area contributed by atoms with E-state index in [0.29, 0.717) is 5.71 Å². The fraction of sp³-hybridized carbons (Fsp3) is 0.200. The fourth-order valence-corrected chi connectivity index (χ4v) is 1.05. The molecule has 0 spiro atoms. The highest BCUT2D eigenvalue weighted by Crippen LogP contribution is 2.25. The summed E-state index contributed by atoms with van der Waals surface area (Å²) in [6, 6.07) is 0. The Morgan fingerprint density at radius 2 is 2.36 bits per heavy atom. The molecule has 2 N–H and O–H groups in total. The molecular formula is C5H4ClN5. The standard InChI is InChI=1S/C5H4ClN5/c6-5-3(9-2-10-5)1-8-4(7)11-5/h1-2H,(H2,7,11). The van der Waals surface area contributed by atoms with Crippen molar-refractivity contribution in [3.05, 3.63) is 0 Å². The van der Waals surface area contributed by atoms with E-state index >= 15 is 0 Å². The van der Waals surface area contributed by atoms with Gasteiger partial charge in [-0.2, -0.15) is 4.99 Å². The van der Waals surface area contributed by atoms with Crippen molar-refractivity contribution in [1.82, 2.24) is 0 Å². The molecule has 0 aromatic heterocycles. The Labute approximate surface area is 67.4 Å². The minimum Gasteiger partial charge on any atom is -0.368 e. The summed E-state index contributed by atoms with van der Waals surface area (Å²) in [6.07, 6.45) is 2.80. The molecule has 2 aliphatic rings. The molecule has 11 heavy (non-hydrogen) atoms. The third-order valence-corrected chi connectivity index (χ3v) is 1.71. The Kier molecular flexibility index (Phi) is 1.11. The van der Waals surface area contributed by atoms with Gasteiger partial charge in [0.2, 0.25) is 5.96 Å². The maximum atomic E-state index is 5.88. The number of nitrogens with zero attached hydrogens (tertiary/aromatic N) is 4. The molecule has 1 atom stereocenters. The molecule has 56 valence electrons. The first-order chi connectivity index (χ1) is 5.21. The number of guanidine groups is 1. The normalized spacial score (nSPS) is 33.2. The molecule has 2 rings (SSSR count). The average Bonchev–Trinajstić information content (AvgIpc) is 2.28. The van der Waals surface area contributed by atoms with Crippen molar-refractivity contribution < 1.29 is 0 Å². The van der Waals surface area contributed by atoms with E-state index in [1.807, 2.05) is 0 Å². The van der Waals surface area contributed by atoms with Gasteiger partial charge in [-0.05, 0) is 0 Å². The van der Waals surface area contributed by atoms with Crippen molar-refractivity contribution in [2.24, 2.45) is 25.7 Å². The first-order valence-electron chi connectivity index (χ1n) is 2.91. The number of nitrogens with two attached hydrogens (primary N) is 1. The van der Waals surface area contributed by atoms with Gasteiger partial charge >= 0.3 is 0 Å². The van der Waals surface area contributed by atoms with Gasteiger partial charge in [0.05, 0.1) is 6.21 Å². The predicted molar refractivity (Wildman–Crippen MR) is 44.6 cm³/mol. The van der Waals surface area contributed by atoms with Crippen LogP contribution in [0.2, 0.25) is 0 Å². The van der Waals surface area contributed by atoms with Crippen LogP contribution in [-0.4, -0.2) is 29.3 Å². The van der Waals surface area contributed by atoms with E-state index in [1.165, 1.54) is 12.6 Å². The van der Waals surface area contributed by atoms with E-state index < -0.39 is 5.12 Å². The van der Waals surface area contributed by atoms with E-state index in [0.717, 1.165) is 0 Å². The van der Waals surface area contributed by atoms with Gasteiger partial charge in [0.1, 0.15) is 12.1 Å². The van der Waals surface area contributed by atoms with Crippen molar-refractivity contribution in [3.63, 3.8) is 0 Å². The summed E-state index contributed by atoms with van der Waals surface area (Å²) in [6.45, 7) is 0. The number of hydrogen-bond donors (Lipinski definition) is 1.